The van der Waals surface area contributed by atoms with E-state index in [4.69, 9.17) is 16.6 Å². The van der Waals surface area contributed by atoms with Gasteiger partial charge in [-0.2, -0.15) is 0 Å². The minimum absolute atomic E-state index is 0.214. The number of amides is 1. The van der Waals surface area contributed by atoms with Crippen LogP contribution in [-0.2, 0) is 0 Å². The molecule has 5 nitrogen and oxygen atoms in total. The number of carbonyl (C=O) groups is 1. The summed E-state index contributed by atoms with van der Waals surface area (Å²) in [5.41, 5.74) is 6.99. The molecule has 0 bridgehead atoms. The van der Waals surface area contributed by atoms with Gasteiger partial charge in [0.05, 0.1) is 6.26 Å². The molecular weight excluding hydrogens is 262 g/mol. The van der Waals surface area contributed by atoms with Gasteiger partial charge in [-0.05, 0) is 42.9 Å². The van der Waals surface area contributed by atoms with Gasteiger partial charge in [-0.15, -0.1) is 0 Å². The molecule has 0 spiro atoms. The summed E-state index contributed by atoms with van der Waals surface area (Å²) in [6.07, 6.45) is 1.43. The van der Waals surface area contributed by atoms with Gasteiger partial charge in [-0.3, -0.25) is 15.6 Å². The van der Waals surface area contributed by atoms with Crippen LogP contribution in [0.15, 0.2) is 47.1 Å². The number of furan rings is 1. The third-order valence-corrected chi connectivity index (χ3v) is 2.63. The van der Waals surface area contributed by atoms with Gasteiger partial charge in [-0.25, -0.2) is 0 Å². The molecule has 0 aliphatic rings. The maximum atomic E-state index is 11.6. The Bertz CT molecular complexity index is 581. The van der Waals surface area contributed by atoms with Crippen molar-refractivity contribution in [1.82, 2.24) is 10.9 Å². The highest BCUT2D eigenvalue weighted by Gasteiger charge is 2.08. The Morgan fingerprint density at radius 2 is 1.95 bits per heavy atom. The first-order valence-electron chi connectivity index (χ1n) is 5.63. The van der Waals surface area contributed by atoms with Gasteiger partial charge in [-0.1, -0.05) is 18.2 Å². The summed E-state index contributed by atoms with van der Waals surface area (Å²) in [5, 5.41) is 3.29. The van der Waals surface area contributed by atoms with Crippen LogP contribution in [0.5, 0.6) is 0 Å². The van der Waals surface area contributed by atoms with Crippen LogP contribution >= 0.6 is 12.2 Å². The third kappa shape index (κ3) is 3.56. The predicted octanol–water partition coefficient (Wildman–Crippen LogP) is 2.22. The van der Waals surface area contributed by atoms with E-state index in [-0.39, 0.29) is 11.7 Å². The van der Waals surface area contributed by atoms with E-state index in [2.05, 4.69) is 16.2 Å². The van der Waals surface area contributed by atoms with Gasteiger partial charge in [0.15, 0.2) is 10.9 Å². The van der Waals surface area contributed by atoms with Crippen molar-refractivity contribution in [3.63, 3.8) is 0 Å². The fraction of sp³-hybridized carbons (Fsp3) is 0.0769. The number of benzene rings is 1. The lowest BCUT2D eigenvalue weighted by Crippen LogP contribution is -2.43. The van der Waals surface area contributed by atoms with Crippen molar-refractivity contribution in [2.75, 3.05) is 5.32 Å². The Labute approximate surface area is 116 Å². The summed E-state index contributed by atoms with van der Waals surface area (Å²) in [7, 11) is 0. The van der Waals surface area contributed by atoms with Gasteiger partial charge in [0.1, 0.15) is 0 Å². The number of aryl methyl sites for hydroxylation is 1. The average molecular weight is 275 g/mol. The zero-order valence-electron chi connectivity index (χ0n) is 10.3. The first-order valence-corrected chi connectivity index (χ1v) is 6.04. The smallest absolute Gasteiger partial charge is 0.305 e. The van der Waals surface area contributed by atoms with Crippen LogP contribution in [0.1, 0.15) is 16.1 Å². The minimum atomic E-state index is -0.390. The highest BCUT2D eigenvalue weighted by molar-refractivity contribution is 7.80. The van der Waals surface area contributed by atoms with E-state index >= 15 is 0 Å². The molecule has 6 heteroatoms. The maximum absolute atomic E-state index is 11.6. The fourth-order valence-electron chi connectivity index (χ4n) is 1.45. The number of thiocarbonyl (C=S) groups is 1. The molecule has 0 saturated carbocycles. The SMILES string of the molecule is Cc1ccccc1NC(=S)NNC(=O)c1ccco1. The first kappa shape index (κ1) is 13.1. The summed E-state index contributed by atoms with van der Waals surface area (Å²) in [6.45, 7) is 1.96. The molecule has 0 saturated heterocycles. The second kappa shape index (κ2) is 6.01. The molecule has 2 aromatic rings. The van der Waals surface area contributed by atoms with Crippen molar-refractivity contribution in [2.45, 2.75) is 6.92 Å². The Morgan fingerprint density at radius 1 is 1.16 bits per heavy atom. The molecule has 3 N–H and O–H groups in total. The predicted molar refractivity (Wildman–Crippen MR) is 76.7 cm³/mol. The molecular formula is C13H13N3O2S. The third-order valence-electron chi connectivity index (χ3n) is 2.43. The maximum Gasteiger partial charge on any atom is 0.305 e. The number of carbonyl (C=O) groups excluding carboxylic acids is 1. The Morgan fingerprint density at radius 3 is 2.63 bits per heavy atom. The molecule has 1 aromatic carbocycles. The number of para-hydroxylation sites is 1. The molecule has 2 rings (SSSR count). The van der Waals surface area contributed by atoms with E-state index in [1.54, 1.807) is 12.1 Å². The highest BCUT2D eigenvalue weighted by atomic mass is 32.1. The summed E-state index contributed by atoms with van der Waals surface area (Å²) >= 11 is 5.08. The summed E-state index contributed by atoms with van der Waals surface area (Å²) in [6, 6.07) is 10.9. The molecule has 98 valence electrons. The van der Waals surface area contributed by atoms with Crippen LogP contribution in [0.4, 0.5) is 5.69 Å². The fourth-order valence-corrected chi connectivity index (χ4v) is 1.61. The van der Waals surface area contributed by atoms with Crippen molar-refractivity contribution >= 4 is 28.9 Å². The lowest BCUT2D eigenvalue weighted by Gasteiger charge is -2.12. The topological polar surface area (TPSA) is 66.3 Å². The van der Waals surface area contributed by atoms with Gasteiger partial charge in [0.25, 0.3) is 0 Å². The number of hydrazine groups is 1. The first-order chi connectivity index (χ1) is 9.16. The summed E-state index contributed by atoms with van der Waals surface area (Å²) < 4.78 is 4.95. The summed E-state index contributed by atoms with van der Waals surface area (Å²) in [4.78, 5) is 11.6. The van der Waals surface area contributed by atoms with E-state index in [1.807, 2.05) is 31.2 Å². The van der Waals surface area contributed by atoms with E-state index in [0.29, 0.717) is 5.11 Å². The van der Waals surface area contributed by atoms with Gasteiger partial charge < -0.3 is 9.73 Å². The zero-order chi connectivity index (χ0) is 13.7. The van der Waals surface area contributed by atoms with Crippen LogP contribution in [0, 0.1) is 6.92 Å². The minimum Gasteiger partial charge on any atom is -0.459 e. The molecule has 19 heavy (non-hydrogen) atoms. The second-order valence-electron chi connectivity index (χ2n) is 3.83. The molecule has 0 radical (unpaired) electrons. The summed E-state index contributed by atoms with van der Waals surface area (Å²) in [5.74, 6) is -0.176. The van der Waals surface area contributed by atoms with Crippen LogP contribution < -0.4 is 16.2 Å². The Hall–Kier alpha value is -2.34. The number of anilines is 1. The number of nitrogens with one attached hydrogen (secondary N) is 3. The molecule has 0 aliphatic carbocycles. The van der Waals surface area contributed by atoms with E-state index < -0.39 is 0 Å². The monoisotopic (exact) mass is 275 g/mol. The lowest BCUT2D eigenvalue weighted by atomic mass is 10.2. The van der Waals surface area contributed by atoms with E-state index in [0.717, 1.165) is 11.3 Å². The highest BCUT2D eigenvalue weighted by Crippen LogP contribution is 2.12. The van der Waals surface area contributed by atoms with Crippen molar-refractivity contribution < 1.29 is 9.21 Å². The number of hydrogen-bond donors (Lipinski definition) is 3. The molecule has 1 amide bonds. The largest absolute Gasteiger partial charge is 0.459 e. The van der Waals surface area contributed by atoms with Crippen molar-refractivity contribution in [2.24, 2.45) is 0 Å². The molecule has 1 heterocycles. The molecule has 0 fully saturated rings. The number of rotatable bonds is 2. The van der Waals surface area contributed by atoms with Gasteiger partial charge >= 0.3 is 5.91 Å². The van der Waals surface area contributed by atoms with E-state index in [1.165, 1.54) is 6.26 Å². The second-order valence-corrected chi connectivity index (χ2v) is 4.23. The quantitative estimate of drug-likeness (QED) is 0.579. The molecule has 0 aliphatic heterocycles. The normalized spacial score (nSPS) is 9.74. The van der Waals surface area contributed by atoms with Gasteiger partial charge in [0.2, 0.25) is 0 Å². The van der Waals surface area contributed by atoms with Crippen LogP contribution in [0.25, 0.3) is 0 Å². The van der Waals surface area contributed by atoms with E-state index in [9.17, 15) is 4.79 Å². The molecule has 1 aromatic heterocycles. The lowest BCUT2D eigenvalue weighted by molar-refractivity contribution is 0.0916. The van der Waals surface area contributed by atoms with Crippen molar-refractivity contribution in [1.29, 1.82) is 0 Å². The number of hydrogen-bond acceptors (Lipinski definition) is 3. The zero-order valence-corrected chi connectivity index (χ0v) is 11.1. The molecule has 0 atom stereocenters. The molecule has 0 unspecified atom stereocenters. The van der Waals surface area contributed by atoms with Crippen LogP contribution in [0.3, 0.4) is 0 Å². The van der Waals surface area contributed by atoms with Crippen molar-refractivity contribution in [3.8, 4) is 0 Å². The van der Waals surface area contributed by atoms with Gasteiger partial charge in [0, 0.05) is 5.69 Å². The van der Waals surface area contributed by atoms with Crippen LogP contribution in [-0.4, -0.2) is 11.0 Å². The Kier molecular flexibility index (Phi) is 4.15. The Balaban J connectivity index is 1.86. The van der Waals surface area contributed by atoms with Crippen molar-refractivity contribution in [3.05, 3.63) is 54.0 Å². The average Bonchev–Trinajstić information content (AvgIpc) is 2.93. The standard InChI is InChI=1S/C13H13N3O2S/c1-9-5-2-3-6-10(9)14-13(19)16-15-12(17)11-7-4-8-18-11/h2-8H,1H3,(H,15,17)(H2,14,16,19). The van der Waals surface area contributed by atoms with Crippen LogP contribution in [0.2, 0.25) is 0 Å².